The molecule has 0 bridgehead atoms. The fraction of sp³-hybridized carbons (Fsp3) is 0.308. The van der Waals surface area contributed by atoms with Gasteiger partial charge in [-0.3, -0.25) is 9.59 Å². The summed E-state index contributed by atoms with van der Waals surface area (Å²) in [4.78, 5) is 34.1. The van der Waals surface area contributed by atoms with Crippen molar-refractivity contribution in [2.24, 2.45) is 0 Å². The normalized spacial score (nSPS) is 11.5. The van der Waals surface area contributed by atoms with E-state index in [0.717, 1.165) is 0 Å². The first-order valence-corrected chi connectivity index (χ1v) is 6.80. The summed E-state index contributed by atoms with van der Waals surface area (Å²) in [5.41, 5.74) is 0.408. The monoisotopic (exact) mass is 342 g/mol. The highest BCUT2D eigenvalue weighted by Crippen LogP contribution is 2.15. The Labute approximate surface area is 124 Å². The average Bonchev–Trinajstić information content (AvgIpc) is 2.42. The minimum absolute atomic E-state index is 0.274. The number of halogens is 1. The van der Waals surface area contributed by atoms with Crippen LogP contribution in [0.3, 0.4) is 0 Å². The number of hydrogen-bond donors (Lipinski definition) is 3. The summed E-state index contributed by atoms with van der Waals surface area (Å²) >= 11 is 3.24. The zero-order chi connectivity index (χ0) is 15.1. The maximum atomic E-state index is 11.8. The lowest BCUT2D eigenvalue weighted by molar-refractivity contribution is -0.141. The van der Waals surface area contributed by atoms with Crippen LogP contribution in [0.2, 0.25) is 0 Å². The van der Waals surface area contributed by atoms with Gasteiger partial charge in [0.15, 0.2) is 0 Å². The first-order valence-electron chi connectivity index (χ1n) is 6.00. The highest BCUT2D eigenvalue weighted by Gasteiger charge is 2.18. The van der Waals surface area contributed by atoms with Gasteiger partial charge in [-0.05, 0) is 34.5 Å². The molecule has 6 nitrogen and oxygen atoms in total. The summed E-state index contributed by atoms with van der Waals surface area (Å²) in [6.45, 7) is 1.38. The van der Waals surface area contributed by atoms with Crippen molar-refractivity contribution in [1.29, 1.82) is 0 Å². The molecule has 0 spiro atoms. The number of amides is 2. The van der Waals surface area contributed by atoms with Crippen LogP contribution in [0.4, 0.5) is 0 Å². The molecular formula is C13H15BrN2O4. The molecule has 0 aliphatic rings. The van der Waals surface area contributed by atoms with E-state index in [1.807, 2.05) is 0 Å². The van der Waals surface area contributed by atoms with E-state index in [4.69, 9.17) is 5.11 Å². The molecule has 1 aromatic rings. The van der Waals surface area contributed by atoms with Crippen LogP contribution in [0.1, 0.15) is 23.7 Å². The summed E-state index contributed by atoms with van der Waals surface area (Å²) in [6, 6.07) is 5.86. The largest absolute Gasteiger partial charge is 0.480 e. The first kappa shape index (κ1) is 16.2. The number of rotatable bonds is 6. The number of aliphatic carboxylic acids is 1. The van der Waals surface area contributed by atoms with E-state index in [0.29, 0.717) is 10.0 Å². The summed E-state index contributed by atoms with van der Waals surface area (Å²) in [5, 5.41) is 13.6. The molecule has 20 heavy (non-hydrogen) atoms. The molecule has 0 aliphatic carbocycles. The second kappa shape index (κ2) is 7.64. The van der Waals surface area contributed by atoms with Crippen LogP contribution in [-0.4, -0.2) is 35.5 Å². The van der Waals surface area contributed by atoms with E-state index in [1.54, 1.807) is 31.2 Å². The topological polar surface area (TPSA) is 95.5 Å². The molecule has 0 aromatic heterocycles. The van der Waals surface area contributed by atoms with Gasteiger partial charge in [-0.15, -0.1) is 0 Å². The Hall–Kier alpha value is -1.89. The van der Waals surface area contributed by atoms with Crippen molar-refractivity contribution in [3.63, 3.8) is 0 Å². The van der Waals surface area contributed by atoms with Gasteiger partial charge in [0.2, 0.25) is 5.91 Å². The molecule has 1 rings (SSSR count). The average molecular weight is 343 g/mol. The lowest BCUT2D eigenvalue weighted by Gasteiger charge is -2.12. The molecule has 0 heterocycles. The zero-order valence-electron chi connectivity index (χ0n) is 10.9. The van der Waals surface area contributed by atoms with Crippen LogP contribution in [0.25, 0.3) is 0 Å². The number of carbonyl (C=O) groups excluding carboxylic acids is 2. The molecule has 1 aromatic carbocycles. The van der Waals surface area contributed by atoms with Gasteiger partial charge in [0.05, 0.1) is 12.1 Å². The minimum Gasteiger partial charge on any atom is -0.480 e. The Balaban J connectivity index is 2.51. The van der Waals surface area contributed by atoms with E-state index in [1.165, 1.54) is 0 Å². The number of carbonyl (C=O) groups is 3. The molecule has 1 unspecified atom stereocenters. The summed E-state index contributed by atoms with van der Waals surface area (Å²) in [7, 11) is 0. The van der Waals surface area contributed by atoms with E-state index >= 15 is 0 Å². The van der Waals surface area contributed by atoms with Gasteiger partial charge in [-0.1, -0.05) is 19.1 Å². The smallest absolute Gasteiger partial charge is 0.326 e. The molecule has 0 radical (unpaired) electrons. The van der Waals surface area contributed by atoms with Crippen molar-refractivity contribution in [2.45, 2.75) is 19.4 Å². The molecule has 1 atom stereocenters. The number of carboxylic acid groups (broad SMARTS) is 1. The molecule has 7 heteroatoms. The Kier molecular flexibility index (Phi) is 6.17. The van der Waals surface area contributed by atoms with E-state index in [9.17, 15) is 14.4 Å². The van der Waals surface area contributed by atoms with E-state index < -0.39 is 23.8 Å². The number of carboxylic acids is 1. The maximum absolute atomic E-state index is 11.8. The predicted octanol–water partition coefficient (Wildman–Crippen LogP) is 1.16. The predicted molar refractivity (Wildman–Crippen MR) is 76.3 cm³/mol. The van der Waals surface area contributed by atoms with Gasteiger partial charge in [0, 0.05) is 4.47 Å². The Morgan fingerprint density at radius 1 is 1.30 bits per heavy atom. The molecule has 0 aliphatic heterocycles. The number of benzene rings is 1. The lowest BCUT2D eigenvalue weighted by Crippen LogP contribution is -2.45. The molecule has 2 amide bonds. The van der Waals surface area contributed by atoms with E-state index in [-0.39, 0.29) is 13.0 Å². The molecule has 108 valence electrons. The van der Waals surface area contributed by atoms with Crippen molar-refractivity contribution in [2.75, 3.05) is 6.54 Å². The third kappa shape index (κ3) is 4.65. The van der Waals surface area contributed by atoms with Crippen molar-refractivity contribution >= 4 is 33.7 Å². The number of nitrogens with one attached hydrogen (secondary N) is 2. The third-order valence-corrected chi connectivity index (χ3v) is 3.26. The highest BCUT2D eigenvalue weighted by atomic mass is 79.9. The van der Waals surface area contributed by atoms with Gasteiger partial charge >= 0.3 is 5.97 Å². The van der Waals surface area contributed by atoms with Gasteiger partial charge in [-0.2, -0.15) is 0 Å². The van der Waals surface area contributed by atoms with Crippen LogP contribution in [-0.2, 0) is 9.59 Å². The lowest BCUT2D eigenvalue weighted by atomic mass is 10.2. The van der Waals surface area contributed by atoms with Crippen LogP contribution in [0.15, 0.2) is 28.7 Å². The Bertz CT molecular complexity index is 519. The zero-order valence-corrected chi connectivity index (χ0v) is 12.4. The summed E-state index contributed by atoms with van der Waals surface area (Å²) in [6.07, 6.45) is 0.277. The van der Waals surface area contributed by atoms with Crippen LogP contribution in [0.5, 0.6) is 0 Å². The third-order valence-electron chi connectivity index (χ3n) is 2.57. The summed E-state index contributed by atoms with van der Waals surface area (Å²) < 4.78 is 0.620. The molecular weight excluding hydrogens is 328 g/mol. The Morgan fingerprint density at radius 2 is 1.95 bits per heavy atom. The van der Waals surface area contributed by atoms with Crippen molar-refractivity contribution < 1.29 is 19.5 Å². The fourth-order valence-corrected chi connectivity index (χ4v) is 1.95. The quantitative estimate of drug-likeness (QED) is 0.722. The second-order valence-corrected chi connectivity index (χ2v) is 4.88. The van der Waals surface area contributed by atoms with Crippen LogP contribution >= 0.6 is 15.9 Å². The maximum Gasteiger partial charge on any atom is 0.326 e. The summed E-state index contributed by atoms with van der Waals surface area (Å²) in [5.74, 6) is -2.05. The van der Waals surface area contributed by atoms with Crippen molar-refractivity contribution in [3.8, 4) is 0 Å². The van der Waals surface area contributed by atoms with Gasteiger partial charge in [0.25, 0.3) is 5.91 Å². The molecule has 0 fully saturated rings. The second-order valence-electron chi connectivity index (χ2n) is 4.03. The van der Waals surface area contributed by atoms with Crippen molar-refractivity contribution in [1.82, 2.24) is 10.6 Å². The number of hydrogen-bond acceptors (Lipinski definition) is 3. The fourth-order valence-electron chi connectivity index (χ4n) is 1.48. The van der Waals surface area contributed by atoms with Crippen LogP contribution < -0.4 is 10.6 Å². The SMILES string of the molecule is CCC(NC(=O)CNC(=O)c1ccccc1Br)C(=O)O. The Morgan fingerprint density at radius 3 is 2.50 bits per heavy atom. The van der Waals surface area contributed by atoms with E-state index in [2.05, 4.69) is 26.6 Å². The highest BCUT2D eigenvalue weighted by molar-refractivity contribution is 9.10. The van der Waals surface area contributed by atoms with Gasteiger partial charge in [0.1, 0.15) is 6.04 Å². The first-order chi connectivity index (χ1) is 9.45. The molecule has 3 N–H and O–H groups in total. The van der Waals surface area contributed by atoms with Gasteiger partial charge in [-0.25, -0.2) is 4.79 Å². The van der Waals surface area contributed by atoms with Gasteiger partial charge < -0.3 is 15.7 Å². The minimum atomic E-state index is -1.10. The standard InChI is InChI=1S/C13H15BrN2O4/c1-2-10(13(19)20)16-11(17)7-15-12(18)8-5-3-4-6-9(8)14/h3-6,10H,2,7H2,1H3,(H,15,18)(H,16,17)(H,19,20). The molecule has 0 saturated carbocycles. The molecule has 0 saturated heterocycles. The van der Waals surface area contributed by atoms with Crippen molar-refractivity contribution in [3.05, 3.63) is 34.3 Å². The van der Waals surface area contributed by atoms with Crippen LogP contribution in [0, 0.1) is 0 Å².